The van der Waals surface area contributed by atoms with Crippen molar-refractivity contribution in [3.8, 4) is 11.1 Å². The number of rotatable bonds is 4. The van der Waals surface area contributed by atoms with Crippen LogP contribution in [0.2, 0.25) is 0 Å². The summed E-state index contributed by atoms with van der Waals surface area (Å²) in [6, 6.07) is 8.84. The van der Waals surface area contributed by atoms with Gasteiger partial charge in [0.05, 0.1) is 19.4 Å². The van der Waals surface area contributed by atoms with Crippen molar-refractivity contribution in [2.45, 2.75) is 19.6 Å². The number of halogens is 3. The summed E-state index contributed by atoms with van der Waals surface area (Å²) in [7, 11) is 1.69. The lowest BCUT2D eigenvalue weighted by Gasteiger charge is -2.28. The number of carbonyl (C=O) groups is 1. The molecule has 0 bridgehead atoms. The first-order valence-corrected chi connectivity index (χ1v) is 9.97. The molecule has 1 fully saturated rings. The van der Waals surface area contributed by atoms with E-state index in [1.807, 2.05) is 0 Å². The molecule has 0 unspecified atom stereocenters. The van der Waals surface area contributed by atoms with Crippen molar-refractivity contribution < 1.29 is 22.7 Å². The monoisotopic (exact) mass is 432 g/mol. The van der Waals surface area contributed by atoms with Gasteiger partial charge in [-0.1, -0.05) is 30.3 Å². The van der Waals surface area contributed by atoms with Gasteiger partial charge in [-0.15, -0.1) is 0 Å². The molecule has 1 aliphatic rings. The van der Waals surface area contributed by atoms with Crippen molar-refractivity contribution in [3.63, 3.8) is 0 Å². The predicted octanol–water partition coefficient (Wildman–Crippen LogP) is 3.74. The topological polar surface area (TPSA) is 52.3 Å². The van der Waals surface area contributed by atoms with E-state index in [4.69, 9.17) is 4.74 Å². The average Bonchev–Trinajstić information content (AvgIpc) is 3.29. The van der Waals surface area contributed by atoms with Crippen LogP contribution in [0.3, 0.4) is 0 Å². The SMILES string of the molecule is Cc1c(-c2cnn(C)c2)c(C(=O)N2CCOCC2)n(Cc2ccccc2)c1C(F)(F)F. The second-order valence-electron chi connectivity index (χ2n) is 7.57. The number of amides is 1. The van der Waals surface area contributed by atoms with Crippen LogP contribution in [0.4, 0.5) is 13.2 Å². The van der Waals surface area contributed by atoms with Crippen LogP contribution in [-0.4, -0.2) is 51.5 Å². The van der Waals surface area contributed by atoms with Gasteiger partial charge in [0.15, 0.2) is 0 Å². The summed E-state index contributed by atoms with van der Waals surface area (Å²) in [5.74, 6) is -0.434. The minimum atomic E-state index is -4.63. The molecule has 164 valence electrons. The molecular formula is C22H23F3N4O2. The van der Waals surface area contributed by atoms with Crippen LogP contribution in [0.5, 0.6) is 0 Å². The second-order valence-corrected chi connectivity index (χ2v) is 7.57. The summed E-state index contributed by atoms with van der Waals surface area (Å²) in [6.45, 7) is 2.74. The highest BCUT2D eigenvalue weighted by molar-refractivity contribution is 6.01. The lowest BCUT2D eigenvalue weighted by Crippen LogP contribution is -2.41. The molecule has 0 saturated carbocycles. The Bertz CT molecular complexity index is 1080. The first-order chi connectivity index (χ1) is 14.8. The molecule has 4 rings (SSSR count). The Morgan fingerprint density at radius 2 is 1.84 bits per heavy atom. The van der Waals surface area contributed by atoms with Crippen LogP contribution < -0.4 is 0 Å². The fraction of sp³-hybridized carbons (Fsp3) is 0.364. The smallest absolute Gasteiger partial charge is 0.378 e. The Hall–Kier alpha value is -3.07. The number of ether oxygens (including phenoxy) is 1. The first kappa shape index (κ1) is 21.2. The van der Waals surface area contributed by atoms with E-state index < -0.39 is 17.8 Å². The largest absolute Gasteiger partial charge is 0.431 e. The third kappa shape index (κ3) is 4.10. The molecule has 0 radical (unpaired) electrons. The van der Waals surface area contributed by atoms with Gasteiger partial charge in [-0.2, -0.15) is 18.3 Å². The minimum absolute atomic E-state index is 0.0213. The number of nitrogens with zero attached hydrogens (tertiary/aromatic N) is 4. The summed E-state index contributed by atoms with van der Waals surface area (Å²) in [4.78, 5) is 15.1. The molecule has 0 atom stereocenters. The number of aryl methyl sites for hydroxylation is 1. The van der Waals surface area contributed by atoms with Crippen molar-refractivity contribution in [1.29, 1.82) is 0 Å². The van der Waals surface area contributed by atoms with Gasteiger partial charge in [0.25, 0.3) is 5.91 Å². The van der Waals surface area contributed by atoms with E-state index in [0.717, 1.165) is 4.57 Å². The van der Waals surface area contributed by atoms with Crippen molar-refractivity contribution >= 4 is 5.91 Å². The quantitative estimate of drug-likeness (QED) is 0.631. The number of benzene rings is 1. The van der Waals surface area contributed by atoms with E-state index in [1.165, 1.54) is 17.8 Å². The summed E-state index contributed by atoms with van der Waals surface area (Å²) in [5, 5.41) is 4.11. The van der Waals surface area contributed by atoms with Crippen LogP contribution in [0.25, 0.3) is 11.1 Å². The van der Waals surface area contributed by atoms with Gasteiger partial charge in [0, 0.05) is 44.0 Å². The van der Waals surface area contributed by atoms with Crippen molar-refractivity contribution in [3.05, 3.63) is 65.2 Å². The standard InChI is InChI=1S/C22H23F3N4O2/c1-15-18(17-12-26-27(2)14-17)19(21(30)28-8-10-31-11-9-28)29(20(15)22(23,24)25)13-16-6-4-3-5-7-16/h3-7,12,14H,8-11,13H2,1-2H3. The van der Waals surface area contributed by atoms with Gasteiger partial charge in [-0.05, 0) is 18.1 Å². The summed E-state index contributed by atoms with van der Waals surface area (Å²) in [5.41, 5.74) is 0.668. The molecule has 1 aromatic carbocycles. The Morgan fingerprint density at radius 3 is 2.42 bits per heavy atom. The molecule has 6 nitrogen and oxygen atoms in total. The normalized spacial score (nSPS) is 14.8. The lowest BCUT2D eigenvalue weighted by molar-refractivity contribution is -0.143. The van der Waals surface area contributed by atoms with Gasteiger partial charge in [-0.25, -0.2) is 0 Å². The van der Waals surface area contributed by atoms with Gasteiger partial charge in [0.2, 0.25) is 0 Å². The van der Waals surface area contributed by atoms with Crippen LogP contribution in [0.15, 0.2) is 42.7 Å². The molecule has 0 N–H and O–H groups in total. The van der Waals surface area contributed by atoms with E-state index in [9.17, 15) is 18.0 Å². The molecule has 1 aliphatic heterocycles. The van der Waals surface area contributed by atoms with Crippen LogP contribution >= 0.6 is 0 Å². The zero-order valence-electron chi connectivity index (χ0n) is 17.3. The van der Waals surface area contributed by atoms with E-state index in [0.29, 0.717) is 37.4 Å². The number of hydrogen-bond donors (Lipinski definition) is 0. The second kappa shape index (κ2) is 8.22. The van der Waals surface area contributed by atoms with Crippen LogP contribution in [0.1, 0.15) is 27.3 Å². The first-order valence-electron chi connectivity index (χ1n) is 9.97. The van der Waals surface area contributed by atoms with Crippen molar-refractivity contribution in [1.82, 2.24) is 19.2 Å². The summed E-state index contributed by atoms with van der Waals surface area (Å²) >= 11 is 0. The van der Waals surface area contributed by atoms with E-state index in [-0.39, 0.29) is 23.4 Å². The Kier molecular flexibility index (Phi) is 5.62. The fourth-order valence-electron chi connectivity index (χ4n) is 4.08. The van der Waals surface area contributed by atoms with E-state index in [2.05, 4.69) is 5.10 Å². The average molecular weight is 432 g/mol. The maximum Gasteiger partial charge on any atom is 0.431 e. The van der Waals surface area contributed by atoms with Gasteiger partial charge in [-0.3, -0.25) is 9.48 Å². The Morgan fingerprint density at radius 1 is 1.16 bits per heavy atom. The molecule has 1 amide bonds. The maximum absolute atomic E-state index is 14.2. The van der Waals surface area contributed by atoms with Gasteiger partial charge < -0.3 is 14.2 Å². The van der Waals surface area contributed by atoms with Gasteiger partial charge >= 0.3 is 6.18 Å². The number of alkyl halides is 3. The molecule has 2 aromatic heterocycles. The van der Waals surface area contributed by atoms with Gasteiger partial charge in [0.1, 0.15) is 11.4 Å². The fourth-order valence-corrected chi connectivity index (χ4v) is 4.08. The number of hydrogen-bond acceptors (Lipinski definition) is 3. The highest BCUT2D eigenvalue weighted by Crippen LogP contribution is 2.41. The number of aromatic nitrogens is 3. The Balaban J connectivity index is 1.96. The van der Waals surface area contributed by atoms with E-state index >= 15 is 0 Å². The zero-order valence-corrected chi connectivity index (χ0v) is 17.3. The van der Waals surface area contributed by atoms with Crippen LogP contribution in [-0.2, 0) is 24.5 Å². The maximum atomic E-state index is 14.2. The molecule has 9 heteroatoms. The minimum Gasteiger partial charge on any atom is -0.378 e. The molecule has 3 heterocycles. The molecular weight excluding hydrogens is 409 g/mol. The third-order valence-corrected chi connectivity index (χ3v) is 5.45. The summed E-state index contributed by atoms with van der Waals surface area (Å²) < 4.78 is 50.7. The lowest BCUT2D eigenvalue weighted by atomic mass is 10.0. The van der Waals surface area contributed by atoms with Crippen LogP contribution in [0, 0.1) is 6.92 Å². The zero-order chi connectivity index (χ0) is 22.2. The molecule has 1 saturated heterocycles. The third-order valence-electron chi connectivity index (χ3n) is 5.45. The molecule has 3 aromatic rings. The summed E-state index contributed by atoms with van der Waals surface area (Å²) in [6.07, 6.45) is -1.50. The van der Waals surface area contributed by atoms with Crippen molar-refractivity contribution in [2.24, 2.45) is 7.05 Å². The Labute approximate surface area is 177 Å². The highest BCUT2D eigenvalue weighted by Gasteiger charge is 2.42. The number of carbonyl (C=O) groups excluding carboxylic acids is 1. The molecule has 31 heavy (non-hydrogen) atoms. The van der Waals surface area contributed by atoms with E-state index in [1.54, 1.807) is 48.5 Å². The highest BCUT2D eigenvalue weighted by atomic mass is 19.4. The predicted molar refractivity (Wildman–Crippen MR) is 109 cm³/mol. The molecule has 0 aliphatic carbocycles. The molecule has 0 spiro atoms. The number of morpholine rings is 1. The van der Waals surface area contributed by atoms with Crippen molar-refractivity contribution in [2.75, 3.05) is 26.3 Å².